The summed E-state index contributed by atoms with van der Waals surface area (Å²) < 4.78 is 5.33. The molecule has 1 amide bonds. The van der Waals surface area contributed by atoms with Gasteiger partial charge in [-0.15, -0.1) is 0 Å². The minimum absolute atomic E-state index is 0.208. The lowest BCUT2D eigenvalue weighted by atomic mass is 10.2. The van der Waals surface area contributed by atoms with Crippen LogP contribution >= 0.6 is 0 Å². The number of aromatic nitrogens is 2. The van der Waals surface area contributed by atoms with Crippen molar-refractivity contribution in [3.63, 3.8) is 0 Å². The van der Waals surface area contributed by atoms with Crippen molar-refractivity contribution in [2.75, 3.05) is 19.0 Å². The highest BCUT2D eigenvalue weighted by molar-refractivity contribution is 5.93. The fourth-order valence-electron chi connectivity index (χ4n) is 1.99. The smallest absolute Gasteiger partial charge is 0.270 e. The number of anilines is 2. The van der Waals surface area contributed by atoms with Gasteiger partial charge in [-0.05, 0) is 30.5 Å². The van der Waals surface area contributed by atoms with Crippen molar-refractivity contribution in [1.82, 2.24) is 15.3 Å². The lowest BCUT2D eigenvalue weighted by molar-refractivity contribution is 0.0944. The molecular formula is C17H22N4O2. The third-order valence-electron chi connectivity index (χ3n) is 3.19. The molecule has 1 aromatic heterocycles. The van der Waals surface area contributed by atoms with Gasteiger partial charge in [0.05, 0.1) is 12.8 Å². The van der Waals surface area contributed by atoms with Crippen LogP contribution < -0.4 is 15.4 Å². The molecule has 0 unspecified atom stereocenters. The molecule has 0 radical (unpaired) electrons. The highest BCUT2D eigenvalue weighted by Gasteiger charge is 2.10. The fraction of sp³-hybridized carbons (Fsp3) is 0.353. The Hall–Kier alpha value is -2.63. The van der Waals surface area contributed by atoms with Gasteiger partial charge in [0.2, 0.25) is 0 Å². The van der Waals surface area contributed by atoms with E-state index in [0.717, 1.165) is 11.3 Å². The van der Waals surface area contributed by atoms with Crippen molar-refractivity contribution >= 4 is 17.4 Å². The van der Waals surface area contributed by atoms with Crippen molar-refractivity contribution in [2.45, 2.75) is 20.8 Å². The molecule has 0 atom stereocenters. The lowest BCUT2D eigenvalue weighted by Crippen LogP contribution is -2.28. The third-order valence-corrected chi connectivity index (χ3v) is 3.19. The molecule has 0 aliphatic heterocycles. The van der Waals surface area contributed by atoms with Crippen LogP contribution in [0.25, 0.3) is 0 Å². The molecule has 23 heavy (non-hydrogen) atoms. The number of rotatable bonds is 6. The van der Waals surface area contributed by atoms with Crippen molar-refractivity contribution < 1.29 is 9.53 Å². The molecule has 122 valence electrons. The van der Waals surface area contributed by atoms with Gasteiger partial charge in [-0.1, -0.05) is 19.9 Å². The van der Waals surface area contributed by atoms with Crippen molar-refractivity contribution in [2.24, 2.45) is 5.92 Å². The monoisotopic (exact) mass is 314 g/mol. The predicted octanol–water partition coefficient (Wildman–Crippen LogP) is 2.92. The second kappa shape index (κ2) is 7.58. The second-order valence-corrected chi connectivity index (χ2v) is 5.72. The molecule has 0 aliphatic rings. The van der Waals surface area contributed by atoms with Crippen LogP contribution in [-0.4, -0.2) is 29.5 Å². The first-order chi connectivity index (χ1) is 11.0. The number of carbonyl (C=O) groups is 1. The fourth-order valence-corrected chi connectivity index (χ4v) is 1.99. The van der Waals surface area contributed by atoms with E-state index in [9.17, 15) is 4.79 Å². The van der Waals surface area contributed by atoms with Crippen LogP contribution in [0.3, 0.4) is 0 Å². The summed E-state index contributed by atoms with van der Waals surface area (Å²) in [5.41, 5.74) is 2.21. The molecule has 6 nitrogen and oxygen atoms in total. The second-order valence-electron chi connectivity index (χ2n) is 5.72. The van der Waals surface area contributed by atoms with Gasteiger partial charge in [-0.3, -0.25) is 4.79 Å². The molecule has 1 aromatic carbocycles. The van der Waals surface area contributed by atoms with E-state index in [1.807, 2.05) is 39.0 Å². The number of amides is 1. The van der Waals surface area contributed by atoms with E-state index < -0.39 is 0 Å². The van der Waals surface area contributed by atoms with Crippen LogP contribution in [0.15, 0.2) is 30.6 Å². The van der Waals surface area contributed by atoms with Crippen LogP contribution in [0.5, 0.6) is 5.75 Å². The first-order valence-electron chi connectivity index (χ1n) is 7.51. The molecule has 6 heteroatoms. The lowest BCUT2D eigenvalue weighted by Gasteiger charge is -2.12. The van der Waals surface area contributed by atoms with E-state index in [-0.39, 0.29) is 5.91 Å². The van der Waals surface area contributed by atoms with Crippen molar-refractivity contribution in [1.29, 1.82) is 0 Å². The van der Waals surface area contributed by atoms with Gasteiger partial charge in [0.1, 0.15) is 23.6 Å². The summed E-state index contributed by atoms with van der Waals surface area (Å²) in [6.07, 6.45) is 1.37. The number of methoxy groups -OCH3 is 1. The quantitative estimate of drug-likeness (QED) is 0.857. The molecule has 0 saturated carbocycles. The number of aryl methyl sites for hydroxylation is 1. The van der Waals surface area contributed by atoms with Gasteiger partial charge >= 0.3 is 0 Å². The molecular weight excluding hydrogens is 292 g/mol. The standard InChI is InChI=1S/C17H22N4O2/c1-11(2)9-18-17(22)14-8-16(20-10-19-14)21-13-7-12(3)5-6-15(13)23-4/h5-8,10-11H,9H2,1-4H3,(H,18,22)(H,19,20,21). The average Bonchev–Trinajstić information content (AvgIpc) is 2.53. The Morgan fingerprint density at radius 2 is 2.04 bits per heavy atom. The molecule has 2 N–H and O–H groups in total. The molecule has 1 heterocycles. The third kappa shape index (κ3) is 4.67. The Bertz CT molecular complexity index is 686. The molecule has 0 saturated heterocycles. The van der Waals surface area contributed by atoms with Crippen LogP contribution in [0.2, 0.25) is 0 Å². The summed E-state index contributed by atoms with van der Waals surface area (Å²) in [5.74, 6) is 1.42. The zero-order chi connectivity index (χ0) is 16.8. The number of hydrogen-bond acceptors (Lipinski definition) is 5. The molecule has 0 aliphatic carbocycles. The Morgan fingerprint density at radius 1 is 1.26 bits per heavy atom. The zero-order valence-corrected chi connectivity index (χ0v) is 13.9. The van der Waals surface area contributed by atoms with E-state index in [1.165, 1.54) is 6.33 Å². The van der Waals surface area contributed by atoms with Crippen LogP contribution in [-0.2, 0) is 0 Å². The largest absolute Gasteiger partial charge is 0.495 e. The molecule has 0 spiro atoms. The number of ether oxygens (including phenoxy) is 1. The van der Waals surface area contributed by atoms with Crippen molar-refractivity contribution in [3.05, 3.63) is 41.9 Å². The van der Waals surface area contributed by atoms with Gasteiger partial charge in [-0.25, -0.2) is 9.97 Å². The Balaban J connectivity index is 2.17. The van der Waals surface area contributed by atoms with Gasteiger partial charge < -0.3 is 15.4 Å². The van der Waals surface area contributed by atoms with E-state index >= 15 is 0 Å². The summed E-state index contributed by atoms with van der Waals surface area (Å²) in [6.45, 7) is 6.68. The molecule has 0 bridgehead atoms. The topological polar surface area (TPSA) is 76.1 Å². The molecule has 2 aromatic rings. The SMILES string of the molecule is COc1ccc(C)cc1Nc1cc(C(=O)NCC(C)C)ncn1. The van der Waals surface area contributed by atoms with Gasteiger partial charge in [0.25, 0.3) is 5.91 Å². The summed E-state index contributed by atoms with van der Waals surface area (Å²) in [5, 5.41) is 6.01. The minimum atomic E-state index is -0.208. The van der Waals surface area contributed by atoms with E-state index in [4.69, 9.17) is 4.74 Å². The first kappa shape index (κ1) is 16.7. The number of nitrogens with one attached hydrogen (secondary N) is 2. The highest BCUT2D eigenvalue weighted by Crippen LogP contribution is 2.27. The maximum atomic E-state index is 12.1. The normalized spacial score (nSPS) is 10.5. The van der Waals surface area contributed by atoms with Crippen LogP contribution in [0, 0.1) is 12.8 Å². The van der Waals surface area contributed by atoms with Crippen LogP contribution in [0.1, 0.15) is 29.9 Å². The van der Waals surface area contributed by atoms with Gasteiger partial charge in [-0.2, -0.15) is 0 Å². The van der Waals surface area contributed by atoms with E-state index in [0.29, 0.717) is 29.7 Å². The Kier molecular flexibility index (Phi) is 5.51. The summed E-state index contributed by atoms with van der Waals surface area (Å²) in [7, 11) is 1.61. The number of benzene rings is 1. The van der Waals surface area contributed by atoms with Crippen molar-refractivity contribution in [3.8, 4) is 5.75 Å². The summed E-state index contributed by atoms with van der Waals surface area (Å²) in [4.78, 5) is 20.3. The van der Waals surface area contributed by atoms with E-state index in [2.05, 4.69) is 20.6 Å². The maximum absolute atomic E-state index is 12.1. The van der Waals surface area contributed by atoms with Gasteiger partial charge in [0.15, 0.2) is 0 Å². The summed E-state index contributed by atoms with van der Waals surface area (Å²) in [6, 6.07) is 7.43. The Morgan fingerprint density at radius 3 is 2.74 bits per heavy atom. The van der Waals surface area contributed by atoms with E-state index in [1.54, 1.807) is 13.2 Å². The zero-order valence-electron chi connectivity index (χ0n) is 13.9. The Labute approximate surface area is 136 Å². The molecule has 2 rings (SSSR count). The maximum Gasteiger partial charge on any atom is 0.270 e. The van der Waals surface area contributed by atoms with Crippen LogP contribution in [0.4, 0.5) is 11.5 Å². The number of nitrogens with zero attached hydrogens (tertiary/aromatic N) is 2. The number of hydrogen-bond donors (Lipinski definition) is 2. The predicted molar refractivity (Wildman–Crippen MR) is 90.2 cm³/mol. The average molecular weight is 314 g/mol. The molecule has 0 fully saturated rings. The minimum Gasteiger partial charge on any atom is -0.495 e. The summed E-state index contributed by atoms with van der Waals surface area (Å²) >= 11 is 0. The first-order valence-corrected chi connectivity index (χ1v) is 7.51. The van der Waals surface area contributed by atoms with Gasteiger partial charge in [0, 0.05) is 12.6 Å². The number of carbonyl (C=O) groups excluding carboxylic acids is 1. The highest BCUT2D eigenvalue weighted by atomic mass is 16.5.